The number of hydrogen-bond acceptors (Lipinski definition) is 6. The number of sulfonamides is 1. The number of aromatic nitrogens is 3. The molecule has 0 aliphatic heterocycles. The van der Waals surface area contributed by atoms with Crippen LogP contribution in [0.1, 0.15) is 27.3 Å². The largest absolute Gasteiger partial charge is 0.497 e. The molecule has 3 aromatic rings. The first-order valence-electron chi connectivity index (χ1n) is 9.49. The maximum atomic E-state index is 13.8. The highest BCUT2D eigenvalue weighted by Crippen LogP contribution is 2.38. The maximum absolute atomic E-state index is 13.8. The number of nitrogens with one attached hydrogen (secondary N) is 1. The van der Waals surface area contributed by atoms with Crippen LogP contribution in [0, 0.1) is 0 Å². The van der Waals surface area contributed by atoms with Crippen molar-refractivity contribution in [3.05, 3.63) is 63.9 Å². The van der Waals surface area contributed by atoms with Crippen LogP contribution in [0.2, 0.25) is 5.02 Å². The van der Waals surface area contributed by atoms with Crippen molar-refractivity contribution in [1.82, 2.24) is 19.7 Å². The van der Waals surface area contributed by atoms with E-state index in [1.807, 2.05) is 0 Å². The van der Waals surface area contributed by atoms with Crippen molar-refractivity contribution in [1.29, 1.82) is 0 Å². The Hall–Kier alpha value is -3.54. The molecule has 0 aliphatic rings. The molecule has 0 radical (unpaired) electrons. The SMILES string of the molecule is COc1ccc(-n2nnc(C(=O)NS(=O)(=O)c3cc(C(F)(F)F)cc(C(F)(F)F)c3)c2C(F)(F)F)c(Cl)c1. The lowest BCUT2D eigenvalue weighted by molar-refractivity contribution is -0.144. The van der Waals surface area contributed by atoms with Gasteiger partial charge in [0.15, 0.2) is 11.4 Å². The van der Waals surface area contributed by atoms with E-state index in [2.05, 4.69) is 10.3 Å². The molecule has 0 aliphatic carbocycles. The van der Waals surface area contributed by atoms with E-state index in [-0.39, 0.29) is 33.7 Å². The van der Waals surface area contributed by atoms with Gasteiger partial charge in [0, 0.05) is 6.07 Å². The van der Waals surface area contributed by atoms with Crippen molar-refractivity contribution in [2.45, 2.75) is 23.4 Å². The quantitative estimate of drug-likeness (QED) is 0.411. The number of halogens is 10. The predicted octanol–water partition coefficient (Wildman–Crippen LogP) is 5.10. The highest BCUT2D eigenvalue weighted by Gasteiger charge is 2.43. The van der Waals surface area contributed by atoms with E-state index in [4.69, 9.17) is 16.3 Å². The smallest absolute Gasteiger partial charge is 0.435 e. The average Bonchev–Trinajstić information content (AvgIpc) is 3.23. The Labute approximate surface area is 211 Å². The summed E-state index contributed by atoms with van der Waals surface area (Å²) in [5, 5.41) is 5.78. The van der Waals surface area contributed by atoms with Crippen LogP contribution in [0.25, 0.3) is 5.69 Å². The van der Waals surface area contributed by atoms with Crippen LogP contribution in [-0.2, 0) is 28.6 Å². The van der Waals surface area contributed by atoms with Crippen LogP contribution in [0.5, 0.6) is 5.75 Å². The van der Waals surface area contributed by atoms with Gasteiger partial charge in [-0.25, -0.2) is 17.8 Å². The molecule has 2 aromatic carbocycles. The normalized spacial score (nSPS) is 12.9. The molecular formula is C19H10ClF9N4O4S. The van der Waals surface area contributed by atoms with Crippen molar-refractivity contribution in [3.8, 4) is 11.4 Å². The van der Waals surface area contributed by atoms with Gasteiger partial charge in [-0.05, 0) is 30.3 Å². The van der Waals surface area contributed by atoms with Crippen LogP contribution in [0.3, 0.4) is 0 Å². The van der Waals surface area contributed by atoms with Crippen LogP contribution in [0.15, 0.2) is 41.3 Å². The van der Waals surface area contributed by atoms with E-state index in [1.165, 1.54) is 13.2 Å². The highest BCUT2D eigenvalue weighted by atomic mass is 35.5. The van der Waals surface area contributed by atoms with E-state index in [0.29, 0.717) is 0 Å². The number of alkyl halides is 9. The fourth-order valence-electron chi connectivity index (χ4n) is 2.95. The zero-order valence-corrected chi connectivity index (χ0v) is 19.7. The molecule has 3 rings (SSSR count). The van der Waals surface area contributed by atoms with Gasteiger partial charge in [-0.15, -0.1) is 5.10 Å². The molecule has 8 nitrogen and oxygen atoms in total. The molecule has 0 atom stereocenters. The molecule has 0 bridgehead atoms. The molecule has 0 saturated heterocycles. The molecule has 0 spiro atoms. The molecule has 0 unspecified atom stereocenters. The summed E-state index contributed by atoms with van der Waals surface area (Å²) in [6, 6.07) is 2.39. The van der Waals surface area contributed by atoms with E-state index in [1.54, 1.807) is 0 Å². The highest BCUT2D eigenvalue weighted by molar-refractivity contribution is 7.90. The number of ether oxygens (including phenoxy) is 1. The molecule has 38 heavy (non-hydrogen) atoms. The van der Waals surface area contributed by atoms with Crippen LogP contribution >= 0.6 is 11.6 Å². The number of hydrogen-bond donors (Lipinski definition) is 1. The van der Waals surface area contributed by atoms with E-state index in [0.717, 1.165) is 16.9 Å². The molecular weight excluding hydrogens is 587 g/mol. The summed E-state index contributed by atoms with van der Waals surface area (Å²) in [7, 11) is -4.37. The number of amides is 1. The Bertz CT molecular complexity index is 1470. The first-order chi connectivity index (χ1) is 17.3. The van der Waals surface area contributed by atoms with Gasteiger partial charge in [-0.2, -0.15) is 39.5 Å². The van der Waals surface area contributed by atoms with Crippen molar-refractivity contribution in [2.75, 3.05) is 7.11 Å². The van der Waals surface area contributed by atoms with E-state index < -0.39 is 67.6 Å². The molecule has 1 aromatic heterocycles. The molecule has 206 valence electrons. The summed E-state index contributed by atoms with van der Waals surface area (Å²) in [6.07, 6.45) is -16.3. The minimum absolute atomic E-state index is 0.0370. The third kappa shape index (κ3) is 5.95. The second-order valence-corrected chi connectivity index (χ2v) is 9.28. The van der Waals surface area contributed by atoms with E-state index >= 15 is 0 Å². The third-order valence-corrected chi connectivity index (χ3v) is 6.25. The Kier molecular flexibility index (Phi) is 7.37. The van der Waals surface area contributed by atoms with Crippen molar-refractivity contribution < 1.29 is 57.5 Å². The standard InChI is InChI=1S/C19H10ClF9N4O4S/c1-37-10-2-3-13(12(20)7-10)33-15(19(27,28)29)14(30-32-33)16(34)31-38(35,36)11-5-8(17(21,22)23)4-9(6-11)18(24,25)26/h2-7H,1H3,(H,31,34). The van der Waals surface area contributed by atoms with Gasteiger partial charge >= 0.3 is 18.5 Å². The fraction of sp³-hybridized carbons (Fsp3) is 0.211. The number of carbonyl (C=O) groups excluding carboxylic acids is 1. The lowest BCUT2D eigenvalue weighted by Crippen LogP contribution is -2.33. The second-order valence-electron chi connectivity index (χ2n) is 7.19. The summed E-state index contributed by atoms with van der Waals surface area (Å²) in [6.45, 7) is 0. The number of rotatable bonds is 5. The molecule has 19 heteroatoms. The van der Waals surface area contributed by atoms with Gasteiger partial charge in [0.2, 0.25) is 0 Å². The number of methoxy groups -OCH3 is 1. The number of benzene rings is 2. The third-order valence-electron chi connectivity index (χ3n) is 4.64. The number of carbonyl (C=O) groups is 1. The van der Waals surface area contributed by atoms with Crippen molar-refractivity contribution in [2.24, 2.45) is 0 Å². The van der Waals surface area contributed by atoms with E-state index in [9.17, 15) is 52.7 Å². The first kappa shape index (κ1) is 29.0. The van der Waals surface area contributed by atoms with Crippen LogP contribution in [-0.4, -0.2) is 36.4 Å². The Morgan fingerprint density at radius 1 is 0.921 bits per heavy atom. The first-order valence-corrected chi connectivity index (χ1v) is 11.3. The molecule has 0 saturated carbocycles. The average molecular weight is 597 g/mol. The molecule has 1 amide bonds. The monoisotopic (exact) mass is 596 g/mol. The molecule has 1 N–H and O–H groups in total. The topological polar surface area (TPSA) is 103 Å². The van der Waals surface area contributed by atoms with Gasteiger partial charge in [0.05, 0.1) is 33.8 Å². The van der Waals surface area contributed by atoms with Gasteiger partial charge < -0.3 is 4.74 Å². The Morgan fingerprint density at radius 3 is 1.92 bits per heavy atom. The molecule has 1 heterocycles. The Morgan fingerprint density at radius 2 is 1.47 bits per heavy atom. The van der Waals surface area contributed by atoms with Gasteiger partial charge in [0.25, 0.3) is 15.9 Å². The fourth-order valence-corrected chi connectivity index (χ4v) is 4.23. The lowest BCUT2D eigenvalue weighted by Gasteiger charge is -2.15. The van der Waals surface area contributed by atoms with Crippen molar-refractivity contribution >= 4 is 27.5 Å². The second kappa shape index (κ2) is 9.64. The summed E-state index contributed by atoms with van der Waals surface area (Å²) in [4.78, 5) is 10.8. The summed E-state index contributed by atoms with van der Waals surface area (Å²) in [5.41, 5.74) is -8.19. The van der Waals surface area contributed by atoms with Crippen molar-refractivity contribution in [3.63, 3.8) is 0 Å². The minimum Gasteiger partial charge on any atom is -0.497 e. The predicted molar refractivity (Wildman–Crippen MR) is 109 cm³/mol. The van der Waals surface area contributed by atoms with Gasteiger partial charge in [-0.1, -0.05) is 16.8 Å². The maximum Gasteiger partial charge on any atom is 0.435 e. The van der Waals surface area contributed by atoms with Gasteiger partial charge in [-0.3, -0.25) is 4.79 Å². The van der Waals surface area contributed by atoms with Gasteiger partial charge in [0.1, 0.15) is 5.75 Å². The zero-order valence-electron chi connectivity index (χ0n) is 18.1. The lowest BCUT2D eigenvalue weighted by atomic mass is 10.1. The Balaban J connectivity index is 2.10. The molecule has 0 fully saturated rings. The minimum atomic E-state index is -5.59. The van der Waals surface area contributed by atoms with Crippen LogP contribution in [0.4, 0.5) is 39.5 Å². The number of nitrogens with zero attached hydrogens (tertiary/aromatic N) is 3. The zero-order chi connectivity index (χ0) is 28.8. The van der Waals surface area contributed by atoms with Crippen LogP contribution < -0.4 is 9.46 Å². The summed E-state index contributed by atoms with van der Waals surface area (Å²) >= 11 is 5.93. The summed E-state index contributed by atoms with van der Waals surface area (Å²) in [5.74, 6) is -2.03. The summed E-state index contributed by atoms with van der Waals surface area (Å²) < 4.78 is 151.